The van der Waals surface area contributed by atoms with Crippen molar-refractivity contribution in [1.82, 2.24) is 15.2 Å². The SMILES string of the molecule is CCCN(CC)CCNCc1cccc2cccnc12. The van der Waals surface area contributed by atoms with Gasteiger partial charge in [-0.05, 0) is 31.1 Å². The lowest BCUT2D eigenvalue weighted by atomic mass is 10.1. The topological polar surface area (TPSA) is 28.2 Å². The summed E-state index contributed by atoms with van der Waals surface area (Å²) in [5.74, 6) is 0. The van der Waals surface area contributed by atoms with Gasteiger partial charge in [-0.25, -0.2) is 0 Å². The normalized spacial score (nSPS) is 11.3. The van der Waals surface area contributed by atoms with Crippen molar-refractivity contribution in [3.05, 3.63) is 42.1 Å². The average molecular weight is 271 g/mol. The Morgan fingerprint density at radius 1 is 1.10 bits per heavy atom. The van der Waals surface area contributed by atoms with Crippen molar-refractivity contribution < 1.29 is 0 Å². The molecule has 3 heteroatoms. The van der Waals surface area contributed by atoms with E-state index in [0.29, 0.717) is 0 Å². The molecule has 0 radical (unpaired) electrons. The molecule has 1 aromatic heterocycles. The fraction of sp³-hybridized carbons (Fsp3) is 0.471. The quantitative estimate of drug-likeness (QED) is 0.748. The number of aromatic nitrogens is 1. The van der Waals surface area contributed by atoms with Gasteiger partial charge in [0.2, 0.25) is 0 Å². The summed E-state index contributed by atoms with van der Waals surface area (Å²) in [6.07, 6.45) is 3.09. The van der Waals surface area contributed by atoms with Gasteiger partial charge in [-0.1, -0.05) is 38.1 Å². The number of nitrogens with one attached hydrogen (secondary N) is 1. The highest BCUT2D eigenvalue weighted by atomic mass is 15.1. The number of pyridine rings is 1. The molecule has 3 nitrogen and oxygen atoms in total. The molecule has 1 N–H and O–H groups in total. The molecule has 0 aliphatic rings. The predicted octanol–water partition coefficient (Wildman–Crippen LogP) is 3.06. The van der Waals surface area contributed by atoms with Crippen LogP contribution in [0.15, 0.2) is 36.5 Å². The van der Waals surface area contributed by atoms with Gasteiger partial charge in [-0.3, -0.25) is 4.98 Å². The van der Waals surface area contributed by atoms with Crippen LogP contribution in [0.2, 0.25) is 0 Å². The maximum absolute atomic E-state index is 4.49. The summed E-state index contributed by atoms with van der Waals surface area (Å²) in [4.78, 5) is 6.97. The molecular weight excluding hydrogens is 246 g/mol. The van der Waals surface area contributed by atoms with Crippen LogP contribution in [0.25, 0.3) is 10.9 Å². The van der Waals surface area contributed by atoms with Crippen LogP contribution in [0.1, 0.15) is 25.8 Å². The van der Waals surface area contributed by atoms with Crippen molar-refractivity contribution in [1.29, 1.82) is 0 Å². The number of benzene rings is 1. The van der Waals surface area contributed by atoms with Gasteiger partial charge in [0, 0.05) is 31.2 Å². The van der Waals surface area contributed by atoms with Crippen molar-refractivity contribution in [3.63, 3.8) is 0 Å². The number of hydrogen-bond acceptors (Lipinski definition) is 3. The highest BCUT2D eigenvalue weighted by Crippen LogP contribution is 2.15. The Morgan fingerprint density at radius 2 is 1.95 bits per heavy atom. The van der Waals surface area contributed by atoms with Crippen LogP contribution >= 0.6 is 0 Å². The second-order valence-electron chi connectivity index (χ2n) is 5.10. The molecule has 0 amide bonds. The number of para-hydroxylation sites is 1. The van der Waals surface area contributed by atoms with E-state index in [-0.39, 0.29) is 0 Å². The standard InChI is InChI=1S/C17H25N3/c1-3-12-20(4-2)13-11-18-14-16-8-5-7-15-9-6-10-19-17(15)16/h5-10,18H,3-4,11-14H2,1-2H3. The van der Waals surface area contributed by atoms with E-state index in [4.69, 9.17) is 0 Å². The Kier molecular flexibility index (Phi) is 5.96. The molecule has 20 heavy (non-hydrogen) atoms. The van der Waals surface area contributed by atoms with Crippen molar-refractivity contribution in [3.8, 4) is 0 Å². The largest absolute Gasteiger partial charge is 0.311 e. The molecular formula is C17H25N3. The van der Waals surface area contributed by atoms with Crippen molar-refractivity contribution in [2.24, 2.45) is 0 Å². The summed E-state index contributed by atoms with van der Waals surface area (Å²) in [5.41, 5.74) is 2.39. The van der Waals surface area contributed by atoms with Gasteiger partial charge in [-0.15, -0.1) is 0 Å². The molecule has 0 aliphatic heterocycles. The zero-order valence-corrected chi connectivity index (χ0v) is 12.6. The van der Waals surface area contributed by atoms with Gasteiger partial charge in [0.1, 0.15) is 0 Å². The second-order valence-corrected chi connectivity index (χ2v) is 5.10. The molecule has 1 heterocycles. The molecule has 0 unspecified atom stereocenters. The van der Waals surface area contributed by atoms with Gasteiger partial charge in [0.15, 0.2) is 0 Å². The monoisotopic (exact) mass is 271 g/mol. The first-order valence-corrected chi connectivity index (χ1v) is 7.60. The maximum Gasteiger partial charge on any atom is 0.0746 e. The lowest BCUT2D eigenvalue weighted by Crippen LogP contribution is -2.32. The van der Waals surface area contributed by atoms with Gasteiger partial charge in [0.25, 0.3) is 0 Å². The molecule has 108 valence electrons. The minimum atomic E-state index is 0.887. The number of rotatable bonds is 8. The fourth-order valence-corrected chi connectivity index (χ4v) is 2.51. The molecule has 0 bridgehead atoms. The van der Waals surface area contributed by atoms with Crippen LogP contribution < -0.4 is 5.32 Å². The van der Waals surface area contributed by atoms with Crippen molar-refractivity contribution in [2.75, 3.05) is 26.2 Å². The van der Waals surface area contributed by atoms with E-state index in [1.807, 2.05) is 12.3 Å². The molecule has 2 aromatic rings. The van der Waals surface area contributed by atoms with Crippen molar-refractivity contribution >= 4 is 10.9 Å². The zero-order valence-electron chi connectivity index (χ0n) is 12.6. The molecule has 0 saturated carbocycles. The van der Waals surface area contributed by atoms with Crippen LogP contribution in [0.3, 0.4) is 0 Å². The molecule has 0 fully saturated rings. The third-order valence-corrected chi connectivity index (χ3v) is 3.62. The van der Waals surface area contributed by atoms with Crippen molar-refractivity contribution in [2.45, 2.75) is 26.8 Å². The molecule has 0 spiro atoms. The molecule has 2 rings (SSSR count). The Labute approximate surface area is 122 Å². The van der Waals surface area contributed by atoms with Gasteiger partial charge in [0.05, 0.1) is 5.52 Å². The number of hydrogen-bond donors (Lipinski definition) is 1. The van der Waals surface area contributed by atoms with E-state index >= 15 is 0 Å². The highest BCUT2D eigenvalue weighted by molar-refractivity contribution is 5.81. The number of likely N-dealkylation sites (N-methyl/N-ethyl adjacent to an activating group) is 1. The first kappa shape index (κ1) is 14.9. The Morgan fingerprint density at radius 3 is 2.75 bits per heavy atom. The lowest BCUT2D eigenvalue weighted by Gasteiger charge is -2.19. The Hall–Kier alpha value is -1.45. The van der Waals surface area contributed by atoms with E-state index in [0.717, 1.165) is 31.7 Å². The first-order chi connectivity index (χ1) is 9.85. The van der Waals surface area contributed by atoms with E-state index < -0.39 is 0 Å². The molecule has 0 saturated heterocycles. The number of fused-ring (bicyclic) bond motifs is 1. The zero-order chi connectivity index (χ0) is 14.2. The fourth-order valence-electron chi connectivity index (χ4n) is 2.51. The van der Waals surface area contributed by atoms with Gasteiger partial charge < -0.3 is 10.2 Å². The van der Waals surface area contributed by atoms with E-state index in [1.54, 1.807) is 0 Å². The van der Waals surface area contributed by atoms with E-state index in [9.17, 15) is 0 Å². The average Bonchev–Trinajstić information content (AvgIpc) is 2.50. The number of nitrogens with zero attached hydrogens (tertiary/aromatic N) is 2. The van der Waals surface area contributed by atoms with Crippen LogP contribution in [-0.4, -0.2) is 36.1 Å². The summed E-state index contributed by atoms with van der Waals surface area (Å²) >= 11 is 0. The van der Waals surface area contributed by atoms with Crippen LogP contribution in [-0.2, 0) is 6.54 Å². The molecule has 0 aliphatic carbocycles. The van der Waals surface area contributed by atoms with E-state index in [2.05, 4.69) is 53.3 Å². The summed E-state index contributed by atoms with van der Waals surface area (Å²) in [5, 5.41) is 4.75. The van der Waals surface area contributed by atoms with Crippen LogP contribution in [0.5, 0.6) is 0 Å². The third kappa shape index (κ3) is 4.02. The summed E-state index contributed by atoms with van der Waals surface area (Å²) < 4.78 is 0. The maximum atomic E-state index is 4.49. The highest BCUT2D eigenvalue weighted by Gasteiger charge is 2.02. The summed E-state index contributed by atoms with van der Waals surface area (Å²) in [6, 6.07) is 10.5. The van der Waals surface area contributed by atoms with Gasteiger partial charge in [-0.2, -0.15) is 0 Å². The van der Waals surface area contributed by atoms with Crippen LogP contribution in [0.4, 0.5) is 0 Å². The Bertz CT molecular complexity index is 519. The summed E-state index contributed by atoms with van der Waals surface area (Å²) in [7, 11) is 0. The minimum absolute atomic E-state index is 0.887. The summed E-state index contributed by atoms with van der Waals surface area (Å²) in [6.45, 7) is 9.80. The van der Waals surface area contributed by atoms with E-state index in [1.165, 1.54) is 23.9 Å². The smallest absolute Gasteiger partial charge is 0.0746 e. The first-order valence-electron chi connectivity index (χ1n) is 7.60. The molecule has 1 aromatic carbocycles. The third-order valence-electron chi connectivity index (χ3n) is 3.62. The van der Waals surface area contributed by atoms with Gasteiger partial charge >= 0.3 is 0 Å². The van der Waals surface area contributed by atoms with Crippen LogP contribution in [0, 0.1) is 0 Å². The Balaban J connectivity index is 1.87. The minimum Gasteiger partial charge on any atom is -0.311 e. The predicted molar refractivity (Wildman–Crippen MR) is 85.9 cm³/mol. The second kappa shape index (κ2) is 7.98. The lowest BCUT2D eigenvalue weighted by molar-refractivity contribution is 0.287. The molecule has 0 atom stereocenters.